The van der Waals surface area contributed by atoms with Gasteiger partial charge in [-0.3, -0.25) is 4.79 Å². The van der Waals surface area contributed by atoms with Crippen molar-refractivity contribution in [2.45, 2.75) is 13.8 Å². The summed E-state index contributed by atoms with van der Waals surface area (Å²) in [6, 6.07) is 16.4. The van der Waals surface area contributed by atoms with E-state index in [1.165, 1.54) is 18.4 Å². The molecule has 5 aromatic rings. The molecule has 0 saturated carbocycles. The highest BCUT2D eigenvalue weighted by Crippen LogP contribution is 2.30. The zero-order valence-corrected chi connectivity index (χ0v) is 21.5. The fourth-order valence-corrected chi connectivity index (χ4v) is 4.94. The first-order valence-electron chi connectivity index (χ1n) is 11.9. The third-order valence-electron chi connectivity index (χ3n) is 6.08. The van der Waals surface area contributed by atoms with Crippen LogP contribution in [0.2, 0.25) is 0 Å². The van der Waals surface area contributed by atoms with E-state index in [0.29, 0.717) is 34.0 Å². The molecule has 10 heteroatoms. The minimum absolute atomic E-state index is 0.206. The Kier molecular flexibility index (Phi) is 6.74. The number of rotatable bonds is 8. The summed E-state index contributed by atoms with van der Waals surface area (Å²) in [5.74, 6) is -0.125. The van der Waals surface area contributed by atoms with Crippen molar-refractivity contribution in [1.82, 2.24) is 15.0 Å². The van der Waals surface area contributed by atoms with Crippen LogP contribution < -0.4 is 15.5 Å². The summed E-state index contributed by atoms with van der Waals surface area (Å²) in [6.07, 6.45) is 0. The average molecular weight is 515 g/mol. The number of thiazole rings is 1. The molecule has 0 bridgehead atoms. The minimum Gasteiger partial charge on any atom is -0.465 e. The smallest absolute Gasteiger partial charge is 0.337 e. The van der Waals surface area contributed by atoms with Crippen LogP contribution in [0.5, 0.6) is 0 Å². The van der Waals surface area contributed by atoms with Gasteiger partial charge >= 0.3 is 5.97 Å². The lowest BCUT2D eigenvalue weighted by molar-refractivity contribution is 0.0600. The van der Waals surface area contributed by atoms with Gasteiger partial charge in [0.25, 0.3) is 5.91 Å². The number of aromatic amines is 1. The number of amides is 1. The molecule has 3 N–H and O–H groups in total. The van der Waals surface area contributed by atoms with Crippen LogP contribution >= 0.6 is 11.3 Å². The Morgan fingerprint density at radius 1 is 1.03 bits per heavy atom. The van der Waals surface area contributed by atoms with Gasteiger partial charge in [0.1, 0.15) is 0 Å². The number of nitrogens with zero attached hydrogens (tertiary/aromatic N) is 3. The molecule has 0 aliphatic heterocycles. The summed E-state index contributed by atoms with van der Waals surface area (Å²) in [5, 5.41) is 6.24. The molecule has 0 saturated heterocycles. The van der Waals surface area contributed by atoms with Gasteiger partial charge in [0.15, 0.2) is 0 Å². The lowest BCUT2D eigenvalue weighted by Gasteiger charge is -2.23. The number of methoxy groups -OCH3 is 1. The SMILES string of the molecule is CCN(CC)c1cc2nc(Nc3cccc(C(=O)OC)c3)[nH]c2cc1C(=O)Nc1ccc2ncsc2c1. The number of benzene rings is 3. The molecular formula is C27H26N6O3S. The Bertz CT molecular complexity index is 1600. The Hall–Kier alpha value is -4.44. The van der Waals surface area contributed by atoms with E-state index in [0.717, 1.165) is 34.5 Å². The van der Waals surface area contributed by atoms with Crippen LogP contribution in [0, 0.1) is 0 Å². The molecule has 0 aliphatic rings. The summed E-state index contributed by atoms with van der Waals surface area (Å²) in [7, 11) is 1.35. The minimum atomic E-state index is -0.415. The maximum atomic E-state index is 13.5. The number of hydrogen-bond donors (Lipinski definition) is 3. The maximum Gasteiger partial charge on any atom is 0.337 e. The van der Waals surface area contributed by atoms with Gasteiger partial charge < -0.3 is 25.3 Å². The molecule has 0 fully saturated rings. The van der Waals surface area contributed by atoms with Crippen molar-refractivity contribution < 1.29 is 14.3 Å². The Labute approximate surface area is 217 Å². The zero-order valence-electron chi connectivity index (χ0n) is 20.7. The van der Waals surface area contributed by atoms with Crippen molar-refractivity contribution in [1.29, 1.82) is 0 Å². The van der Waals surface area contributed by atoms with Crippen molar-refractivity contribution in [2.75, 3.05) is 35.7 Å². The highest BCUT2D eigenvalue weighted by molar-refractivity contribution is 7.16. The number of ether oxygens (including phenoxy) is 1. The summed E-state index contributed by atoms with van der Waals surface area (Å²) in [5.41, 5.74) is 7.31. The van der Waals surface area contributed by atoms with Gasteiger partial charge in [0.2, 0.25) is 5.95 Å². The topological polar surface area (TPSA) is 112 Å². The Morgan fingerprint density at radius 3 is 2.65 bits per heavy atom. The number of aromatic nitrogens is 3. The highest BCUT2D eigenvalue weighted by atomic mass is 32.1. The largest absolute Gasteiger partial charge is 0.465 e. The second kappa shape index (κ2) is 10.3. The molecule has 2 heterocycles. The standard InChI is InChI=1S/C27H26N6O3S/c1-4-33(5-2)23-14-22-21(31-27(32-22)30-17-8-6-7-16(11-17)26(35)36-3)13-19(23)25(34)29-18-9-10-20-24(12-18)37-15-28-20/h6-15H,4-5H2,1-3H3,(H,29,34)(H2,30,31,32). The number of carbonyl (C=O) groups excluding carboxylic acids is 2. The quantitative estimate of drug-likeness (QED) is 0.224. The van der Waals surface area contributed by atoms with E-state index >= 15 is 0 Å². The third-order valence-corrected chi connectivity index (χ3v) is 6.88. The van der Waals surface area contributed by atoms with E-state index in [1.807, 2.05) is 36.4 Å². The first-order chi connectivity index (χ1) is 18.0. The molecule has 3 aromatic carbocycles. The van der Waals surface area contributed by atoms with Gasteiger partial charge in [-0.15, -0.1) is 11.3 Å². The molecule has 0 atom stereocenters. The van der Waals surface area contributed by atoms with Gasteiger partial charge in [-0.25, -0.2) is 14.8 Å². The van der Waals surface area contributed by atoms with Crippen LogP contribution in [0.15, 0.2) is 60.1 Å². The van der Waals surface area contributed by atoms with E-state index in [-0.39, 0.29) is 5.91 Å². The van der Waals surface area contributed by atoms with E-state index in [1.54, 1.807) is 23.7 Å². The average Bonchev–Trinajstić information content (AvgIpc) is 3.54. The number of nitrogens with one attached hydrogen (secondary N) is 3. The summed E-state index contributed by atoms with van der Waals surface area (Å²) in [6.45, 7) is 5.59. The van der Waals surface area contributed by atoms with Crippen molar-refractivity contribution in [3.8, 4) is 0 Å². The van der Waals surface area contributed by atoms with Gasteiger partial charge in [-0.05, 0) is 62.4 Å². The molecule has 9 nitrogen and oxygen atoms in total. The number of imidazole rings is 1. The Balaban J connectivity index is 1.48. The van der Waals surface area contributed by atoms with Crippen LogP contribution in [0.3, 0.4) is 0 Å². The number of anilines is 4. The molecule has 2 aromatic heterocycles. The van der Waals surface area contributed by atoms with E-state index < -0.39 is 5.97 Å². The van der Waals surface area contributed by atoms with Crippen molar-refractivity contribution >= 4 is 67.5 Å². The molecule has 0 unspecified atom stereocenters. The second-order valence-electron chi connectivity index (χ2n) is 8.33. The normalized spacial score (nSPS) is 11.0. The highest BCUT2D eigenvalue weighted by Gasteiger charge is 2.19. The van der Waals surface area contributed by atoms with Crippen LogP contribution in [0.1, 0.15) is 34.6 Å². The lowest BCUT2D eigenvalue weighted by atomic mass is 10.1. The van der Waals surface area contributed by atoms with Gasteiger partial charge in [-0.1, -0.05) is 6.07 Å². The zero-order chi connectivity index (χ0) is 25.9. The van der Waals surface area contributed by atoms with E-state index in [9.17, 15) is 9.59 Å². The van der Waals surface area contributed by atoms with E-state index in [4.69, 9.17) is 4.74 Å². The molecular weight excluding hydrogens is 488 g/mol. The van der Waals surface area contributed by atoms with Crippen molar-refractivity contribution in [3.05, 3.63) is 71.2 Å². The third kappa shape index (κ3) is 4.96. The Morgan fingerprint density at radius 2 is 1.86 bits per heavy atom. The monoisotopic (exact) mass is 514 g/mol. The van der Waals surface area contributed by atoms with Crippen LogP contribution in [-0.2, 0) is 4.74 Å². The number of esters is 1. The summed E-state index contributed by atoms with van der Waals surface area (Å²) in [4.78, 5) is 39.7. The van der Waals surface area contributed by atoms with Crippen LogP contribution in [0.4, 0.5) is 23.0 Å². The maximum absolute atomic E-state index is 13.5. The van der Waals surface area contributed by atoms with Gasteiger partial charge in [-0.2, -0.15) is 0 Å². The fourth-order valence-electron chi connectivity index (χ4n) is 4.22. The predicted octanol–water partition coefficient (Wildman–Crippen LogP) is 5.80. The first kappa shape index (κ1) is 24.3. The lowest BCUT2D eigenvalue weighted by Crippen LogP contribution is -2.25. The molecule has 0 aliphatic carbocycles. The number of carbonyl (C=O) groups is 2. The molecule has 37 heavy (non-hydrogen) atoms. The van der Waals surface area contributed by atoms with E-state index in [2.05, 4.69) is 44.3 Å². The van der Waals surface area contributed by atoms with Crippen molar-refractivity contribution in [2.24, 2.45) is 0 Å². The van der Waals surface area contributed by atoms with Gasteiger partial charge in [0, 0.05) is 24.5 Å². The molecule has 5 rings (SSSR count). The molecule has 0 spiro atoms. The van der Waals surface area contributed by atoms with Crippen LogP contribution in [-0.4, -0.2) is 47.0 Å². The number of fused-ring (bicyclic) bond motifs is 2. The summed E-state index contributed by atoms with van der Waals surface area (Å²) < 4.78 is 5.82. The fraction of sp³-hybridized carbons (Fsp3) is 0.185. The van der Waals surface area contributed by atoms with Gasteiger partial charge in [0.05, 0.1) is 50.7 Å². The summed E-state index contributed by atoms with van der Waals surface area (Å²) >= 11 is 1.53. The molecule has 1 amide bonds. The molecule has 0 radical (unpaired) electrons. The van der Waals surface area contributed by atoms with Crippen molar-refractivity contribution in [3.63, 3.8) is 0 Å². The predicted molar refractivity (Wildman–Crippen MR) is 148 cm³/mol. The molecule has 188 valence electrons. The number of H-pyrrole nitrogens is 1. The second-order valence-corrected chi connectivity index (χ2v) is 9.22. The first-order valence-corrected chi connectivity index (χ1v) is 12.8. The van der Waals surface area contributed by atoms with Crippen LogP contribution in [0.25, 0.3) is 21.3 Å². The number of hydrogen-bond acceptors (Lipinski definition) is 8.